The Kier molecular flexibility index (Phi) is 2.92. The average molecular weight is 266 g/mol. The van der Waals surface area contributed by atoms with Crippen molar-refractivity contribution in [2.75, 3.05) is 12.3 Å². The number of nitrogens with zero attached hydrogens (tertiary/aromatic N) is 2. The van der Waals surface area contributed by atoms with Gasteiger partial charge in [-0.05, 0) is 31.5 Å². The van der Waals surface area contributed by atoms with Crippen molar-refractivity contribution in [3.8, 4) is 0 Å². The van der Waals surface area contributed by atoms with E-state index in [1.165, 1.54) is 0 Å². The van der Waals surface area contributed by atoms with Crippen LogP contribution >= 0.6 is 11.6 Å². The van der Waals surface area contributed by atoms with Crippen molar-refractivity contribution in [3.63, 3.8) is 0 Å². The van der Waals surface area contributed by atoms with Crippen LogP contribution in [0.1, 0.15) is 13.3 Å². The van der Waals surface area contributed by atoms with Gasteiger partial charge in [-0.25, -0.2) is 4.98 Å². The Bertz CT molecular complexity index is 581. The van der Waals surface area contributed by atoms with Crippen LogP contribution in [0.3, 0.4) is 0 Å². The highest BCUT2D eigenvalue weighted by atomic mass is 35.5. The summed E-state index contributed by atoms with van der Waals surface area (Å²) in [5.41, 5.74) is 7.89. The molecular weight excluding hydrogens is 250 g/mol. The first-order valence-corrected chi connectivity index (χ1v) is 6.56. The molecule has 1 aromatic carbocycles. The standard InChI is InChI=1S/C13H16ClN3O/c1-8-9(4-5-18-8)7-17-12-3-2-10(14)6-11(12)16-13(17)15/h2-3,6,8-9H,4-5,7H2,1H3,(H2,15,16). The summed E-state index contributed by atoms with van der Waals surface area (Å²) >= 11 is 5.96. The van der Waals surface area contributed by atoms with Crippen LogP contribution in [0.2, 0.25) is 5.02 Å². The number of imidazole rings is 1. The van der Waals surface area contributed by atoms with Gasteiger partial charge in [0.05, 0.1) is 17.1 Å². The molecule has 96 valence electrons. The fourth-order valence-corrected chi connectivity index (χ4v) is 2.73. The maximum atomic E-state index is 5.99. The molecule has 2 heterocycles. The van der Waals surface area contributed by atoms with Gasteiger partial charge in [-0.2, -0.15) is 0 Å². The van der Waals surface area contributed by atoms with Crippen LogP contribution in [0.15, 0.2) is 18.2 Å². The quantitative estimate of drug-likeness (QED) is 0.908. The molecule has 0 aliphatic carbocycles. The molecule has 1 aliphatic rings. The maximum Gasteiger partial charge on any atom is 0.201 e. The smallest absolute Gasteiger partial charge is 0.201 e. The summed E-state index contributed by atoms with van der Waals surface area (Å²) in [7, 11) is 0. The molecule has 2 atom stereocenters. The van der Waals surface area contributed by atoms with E-state index in [-0.39, 0.29) is 6.10 Å². The molecular formula is C13H16ClN3O. The van der Waals surface area contributed by atoms with E-state index in [2.05, 4.69) is 16.5 Å². The molecule has 0 bridgehead atoms. The number of anilines is 1. The highest BCUT2D eigenvalue weighted by molar-refractivity contribution is 6.31. The van der Waals surface area contributed by atoms with Gasteiger partial charge in [-0.3, -0.25) is 0 Å². The van der Waals surface area contributed by atoms with Crippen molar-refractivity contribution in [1.29, 1.82) is 0 Å². The molecule has 0 amide bonds. The van der Waals surface area contributed by atoms with Crippen molar-refractivity contribution in [2.45, 2.75) is 26.0 Å². The summed E-state index contributed by atoms with van der Waals surface area (Å²) in [6, 6.07) is 5.69. The van der Waals surface area contributed by atoms with E-state index < -0.39 is 0 Å². The third-order valence-electron chi connectivity index (χ3n) is 3.69. The first-order chi connectivity index (χ1) is 8.65. The van der Waals surface area contributed by atoms with Gasteiger partial charge in [-0.15, -0.1) is 0 Å². The highest BCUT2D eigenvalue weighted by Crippen LogP contribution is 2.27. The summed E-state index contributed by atoms with van der Waals surface area (Å²) in [4.78, 5) is 4.36. The Balaban J connectivity index is 1.98. The minimum atomic E-state index is 0.286. The third kappa shape index (κ3) is 1.95. The Morgan fingerprint density at radius 2 is 2.39 bits per heavy atom. The monoisotopic (exact) mass is 265 g/mol. The summed E-state index contributed by atoms with van der Waals surface area (Å²) in [6.07, 6.45) is 1.36. The summed E-state index contributed by atoms with van der Waals surface area (Å²) in [5, 5.41) is 0.685. The number of aromatic nitrogens is 2. The summed E-state index contributed by atoms with van der Waals surface area (Å²) in [6.45, 7) is 3.80. The molecule has 1 saturated heterocycles. The number of ether oxygens (including phenoxy) is 1. The molecule has 3 rings (SSSR count). The first-order valence-electron chi connectivity index (χ1n) is 6.18. The lowest BCUT2D eigenvalue weighted by molar-refractivity contribution is 0.102. The minimum absolute atomic E-state index is 0.286. The Morgan fingerprint density at radius 1 is 1.56 bits per heavy atom. The van der Waals surface area contributed by atoms with Gasteiger partial charge < -0.3 is 15.0 Å². The Labute approximate surface area is 111 Å². The number of fused-ring (bicyclic) bond motifs is 1. The Morgan fingerprint density at radius 3 is 3.11 bits per heavy atom. The topological polar surface area (TPSA) is 53.1 Å². The molecule has 18 heavy (non-hydrogen) atoms. The first kappa shape index (κ1) is 11.8. The van der Waals surface area contributed by atoms with E-state index in [0.29, 0.717) is 16.9 Å². The number of hydrogen-bond acceptors (Lipinski definition) is 3. The number of nitrogens with two attached hydrogens (primary N) is 1. The van der Waals surface area contributed by atoms with Crippen molar-refractivity contribution >= 4 is 28.6 Å². The molecule has 2 N–H and O–H groups in total. The second kappa shape index (κ2) is 4.44. The Hall–Kier alpha value is -1.26. The van der Waals surface area contributed by atoms with Gasteiger partial charge >= 0.3 is 0 Å². The second-order valence-electron chi connectivity index (χ2n) is 4.84. The fourth-order valence-electron chi connectivity index (χ4n) is 2.56. The number of hydrogen-bond donors (Lipinski definition) is 1. The van der Waals surface area contributed by atoms with E-state index >= 15 is 0 Å². The van der Waals surface area contributed by atoms with E-state index in [1.54, 1.807) is 0 Å². The van der Waals surface area contributed by atoms with Gasteiger partial charge in [0, 0.05) is 24.1 Å². The van der Waals surface area contributed by atoms with Gasteiger partial charge in [0.15, 0.2) is 0 Å². The summed E-state index contributed by atoms with van der Waals surface area (Å²) < 4.78 is 7.65. The van der Waals surface area contributed by atoms with Crippen molar-refractivity contribution in [1.82, 2.24) is 9.55 Å². The lowest BCUT2D eigenvalue weighted by Gasteiger charge is -2.16. The molecule has 5 heteroatoms. The van der Waals surface area contributed by atoms with E-state index in [9.17, 15) is 0 Å². The molecule has 2 aromatic rings. The molecule has 0 spiro atoms. The molecule has 1 aromatic heterocycles. The van der Waals surface area contributed by atoms with E-state index in [0.717, 1.165) is 30.6 Å². The summed E-state index contributed by atoms with van der Waals surface area (Å²) in [5.74, 6) is 1.05. The van der Waals surface area contributed by atoms with Gasteiger partial charge in [0.25, 0.3) is 0 Å². The van der Waals surface area contributed by atoms with Gasteiger partial charge in [0.2, 0.25) is 5.95 Å². The van der Waals surface area contributed by atoms with Crippen LogP contribution in [0.4, 0.5) is 5.95 Å². The zero-order valence-electron chi connectivity index (χ0n) is 10.3. The maximum absolute atomic E-state index is 5.99. The van der Waals surface area contributed by atoms with E-state index in [4.69, 9.17) is 22.1 Å². The van der Waals surface area contributed by atoms with E-state index in [1.807, 2.05) is 18.2 Å². The van der Waals surface area contributed by atoms with Crippen molar-refractivity contribution in [2.24, 2.45) is 5.92 Å². The zero-order valence-corrected chi connectivity index (χ0v) is 11.0. The van der Waals surface area contributed by atoms with Crippen LogP contribution in [-0.2, 0) is 11.3 Å². The largest absolute Gasteiger partial charge is 0.378 e. The van der Waals surface area contributed by atoms with Crippen molar-refractivity contribution < 1.29 is 4.74 Å². The fraction of sp³-hybridized carbons (Fsp3) is 0.462. The predicted molar refractivity (Wildman–Crippen MR) is 72.7 cm³/mol. The second-order valence-corrected chi connectivity index (χ2v) is 5.27. The van der Waals surface area contributed by atoms with Crippen LogP contribution in [0.5, 0.6) is 0 Å². The lowest BCUT2D eigenvalue weighted by Crippen LogP contribution is -2.18. The number of nitrogen functional groups attached to an aromatic ring is 1. The van der Waals surface area contributed by atoms with Gasteiger partial charge in [-0.1, -0.05) is 11.6 Å². The number of benzene rings is 1. The van der Waals surface area contributed by atoms with Crippen LogP contribution in [-0.4, -0.2) is 22.3 Å². The number of halogens is 1. The molecule has 1 fully saturated rings. The third-order valence-corrected chi connectivity index (χ3v) is 3.93. The lowest BCUT2D eigenvalue weighted by atomic mass is 10.0. The average Bonchev–Trinajstić information content (AvgIpc) is 2.85. The van der Waals surface area contributed by atoms with Gasteiger partial charge in [0.1, 0.15) is 0 Å². The number of rotatable bonds is 2. The SMILES string of the molecule is CC1OCCC1Cn1c(N)nc2cc(Cl)ccc21. The van der Waals surface area contributed by atoms with Crippen LogP contribution in [0.25, 0.3) is 11.0 Å². The highest BCUT2D eigenvalue weighted by Gasteiger charge is 2.25. The predicted octanol–water partition coefficient (Wildman–Crippen LogP) is 2.70. The normalized spacial score (nSPS) is 23.9. The molecule has 2 unspecified atom stereocenters. The molecule has 4 nitrogen and oxygen atoms in total. The van der Waals surface area contributed by atoms with Crippen LogP contribution in [0, 0.1) is 5.92 Å². The van der Waals surface area contributed by atoms with Crippen molar-refractivity contribution in [3.05, 3.63) is 23.2 Å². The molecule has 1 aliphatic heterocycles. The molecule has 0 saturated carbocycles. The minimum Gasteiger partial charge on any atom is -0.378 e. The van der Waals surface area contributed by atoms with Crippen LogP contribution < -0.4 is 5.73 Å². The molecule has 0 radical (unpaired) electrons. The zero-order chi connectivity index (χ0) is 12.7.